The van der Waals surface area contributed by atoms with Crippen molar-refractivity contribution in [2.24, 2.45) is 17.8 Å². The molecule has 2 fully saturated rings. The summed E-state index contributed by atoms with van der Waals surface area (Å²) in [7, 11) is 3.03. The van der Waals surface area contributed by atoms with E-state index in [9.17, 15) is 19.2 Å². The molecule has 3 atom stereocenters. The molecule has 11 nitrogen and oxygen atoms in total. The van der Waals surface area contributed by atoms with Crippen LogP contribution in [0, 0.1) is 17.8 Å². The number of hydrogen-bond donors (Lipinski definition) is 2. The Kier molecular flexibility index (Phi) is 12.4. The lowest BCUT2D eigenvalue weighted by Gasteiger charge is -2.39. The molecule has 4 amide bonds. The summed E-state index contributed by atoms with van der Waals surface area (Å²) >= 11 is 0. The molecule has 0 aliphatic carbocycles. The van der Waals surface area contributed by atoms with Gasteiger partial charge < -0.3 is 34.3 Å². The summed E-state index contributed by atoms with van der Waals surface area (Å²) < 4.78 is 13.1. The topological polar surface area (TPSA) is 122 Å². The van der Waals surface area contributed by atoms with Gasteiger partial charge in [-0.2, -0.15) is 0 Å². The third kappa shape index (κ3) is 9.08. The van der Waals surface area contributed by atoms with E-state index in [2.05, 4.69) is 47.9 Å². The monoisotopic (exact) mass is 695 g/mol. The summed E-state index contributed by atoms with van der Waals surface area (Å²) in [4.78, 5) is 56.0. The van der Waals surface area contributed by atoms with E-state index in [0.29, 0.717) is 42.3 Å². The van der Waals surface area contributed by atoms with Gasteiger partial charge in [0.2, 0.25) is 11.8 Å². The van der Waals surface area contributed by atoms with Crippen molar-refractivity contribution in [2.45, 2.75) is 39.7 Å². The van der Waals surface area contributed by atoms with E-state index in [1.807, 2.05) is 42.6 Å². The standard InChI is InChI=1S/C31H37N5O6.C9H12/c1-19(2)42-26-10-8-20(12-27(26)41-4)30(39)35-15-22-16-36(31(40)21-7-9-23-6-5-11-34(23)14-21)18-25(24(22)17-35)29(38)33-13-28(37)32-3;1-2-6-9-7-4-3-5-8-9/h5-12,14,19,22,24-25H,13,15-18H2,1-4H3,(H,32,37)(H,33,38);3-5,7-8H,2,6H2,1H3. The predicted molar refractivity (Wildman–Crippen MR) is 196 cm³/mol. The number of nitrogens with zero attached hydrogens (tertiary/aromatic N) is 3. The molecule has 0 radical (unpaired) electrons. The molecule has 2 aromatic carbocycles. The van der Waals surface area contributed by atoms with Gasteiger partial charge in [-0.1, -0.05) is 43.7 Å². The number of fused-ring (bicyclic) bond motifs is 2. The molecule has 0 bridgehead atoms. The minimum Gasteiger partial charge on any atom is -0.493 e. The number of hydrogen-bond acceptors (Lipinski definition) is 6. The van der Waals surface area contributed by atoms with Crippen molar-refractivity contribution in [3.63, 3.8) is 0 Å². The first-order chi connectivity index (χ1) is 24.6. The van der Waals surface area contributed by atoms with E-state index < -0.39 is 5.92 Å². The Balaban J connectivity index is 0.000000488. The fraction of sp³-hybridized carbons (Fsp3) is 0.400. The van der Waals surface area contributed by atoms with Gasteiger partial charge in [0.15, 0.2) is 11.5 Å². The largest absolute Gasteiger partial charge is 0.493 e. The van der Waals surface area contributed by atoms with E-state index in [1.54, 1.807) is 40.3 Å². The molecule has 11 heteroatoms. The second-order valence-corrected chi connectivity index (χ2v) is 13.4. The third-order valence-corrected chi connectivity index (χ3v) is 9.42. The second-order valence-electron chi connectivity index (χ2n) is 13.4. The van der Waals surface area contributed by atoms with Gasteiger partial charge in [0.1, 0.15) is 0 Å². The number of ether oxygens (including phenoxy) is 2. The number of pyridine rings is 1. The van der Waals surface area contributed by atoms with Gasteiger partial charge in [0.05, 0.1) is 31.2 Å². The molecule has 3 unspecified atom stereocenters. The van der Waals surface area contributed by atoms with Gasteiger partial charge in [-0.25, -0.2) is 0 Å². The Morgan fingerprint density at radius 1 is 0.843 bits per heavy atom. The Hall–Kier alpha value is -5.32. The SMILES string of the molecule is CCCc1ccccc1.CNC(=O)CNC(=O)C1CN(C(=O)c2ccc3cccn3c2)CC2CN(C(=O)c3ccc(OC(C)C)c(OC)c3)CC21. The fourth-order valence-electron chi connectivity index (χ4n) is 6.88. The van der Waals surface area contributed by atoms with Crippen molar-refractivity contribution >= 4 is 29.1 Å². The predicted octanol–water partition coefficient (Wildman–Crippen LogP) is 4.70. The molecule has 6 rings (SSSR count). The number of nitrogens with one attached hydrogen (secondary N) is 2. The van der Waals surface area contributed by atoms with Crippen LogP contribution in [0.4, 0.5) is 0 Å². The molecule has 270 valence electrons. The highest BCUT2D eigenvalue weighted by Crippen LogP contribution is 2.37. The Morgan fingerprint density at radius 3 is 2.24 bits per heavy atom. The zero-order chi connectivity index (χ0) is 36.5. The van der Waals surface area contributed by atoms with Gasteiger partial charge >= 0.3 is 0 Å². The van der Waals surface area contributed by atoms with Crippen molar-refractivity contribution in [3.8, 4) is 11.5 Å². The van der Waals surface area contributed by atoms with E-state index in [1.165, 1.54) is 32.6 Å². The van der Waals surface area contributed by atoms with Gasteiger partial charge in [0.25, 0.3) is 11.8 Å². The fourth-order valence-corrected chi connectivity index (χ4v) is 6.88. The molecule has 2 aromatic heterocycles. The zero-order valence-electron chi connectivity index (χ0n) is 30.1. The van der Waals surface area contributed by atoms with E-state index in [4.69, 9.17) is 9.47 Å². The number of aromatic nitrogens is 1. The summed E-state index contributed by atoms with van der Waals surface area (Å²) in [6, 6.07) is 23.2. The molecule has 51 heavy (non-hydrogen) atoms. The lowest BCUT2D eigenvalue weighted by atomic mass is 9.79. The average molecular weight is 696 g/mol. The van der Waals surface area contributed by atoms with Gasteiger partial charge in [-0.05, 0) is 80.1 Å². The number of methoxy groups -OCH3 is 1. The number of benzene rings is 2. The summed E-state index contributed by atoms with van der Waals surface area (Å²) in [6.45, 7) is 7.25. The van der Waals surface area contributed by atoms with Crippen LogP contribution in [0.25, 0.3) is 5.52 Å². The van der Waals surface area contributed by atoms with Crippen LogP contribution in [0.1, 0.15) is 53.5 Å². The maximum atomic E-state index is 13.7. The number of rotatable bonds is 10. The third-order valence-electron chi connectivity index (χ3n) is 9.42. The Labute approximate surface area is 299 Å². The second kappa shape index (κ2) is 17.1. The summed E-state index contributed by atoms with van der Waals surface area (Å²) in [5, 5.41) is 5.22. The van der Waals surface area contributed by atoms with Crippen LogP contribution in [0.5, 0.6) is 11.5 Å². The molecule has 2 saturated heterocycles. The minimum atomic E-state index is -0.582. The van der Waals surface area contributed by atoms with Gasteiger partial charge in [0, 0.05) is 56.7 Å². The normalized spacial score (nSPS) is 18.0. The van der Waals surface area contributed by atoms with Crippen molar-refractivity contribution in [3.05, 3.63) is 102 Å². The molecular formula is C40H49N5O6. The molecule has 2 aliphatic rings. The van der Waals surface area contributed by atoms with Gasteiger partial charge in [-0.3, -0.25) is 19.2 Å². The molecule has 0 saturated carbocycles. The van der Waals surface area contributed by atoms with Crippen LogP contribution >= 0.6 is 0 Å². The lowest BCUT2D eigenvalue weighted by Crippen LogP contribution is -2.53. The van der Waals surface area contributed by atoms with E-state index in [-0.39, 0.29) is 54.7 Å². The lowest BCUT2D eigenvalue weighted by molar-refractivity contribution is -0.131. The van der Waals surface area contributed by atoms with E-state index >= 15 is 0 Å². The van der Waals surface area contributed by atoms with Crippen molar-refractivity contribution in [2.75, 3.05) is 46.9 Å². The minimum absolute atomic E-state index is 0.0514. The quantitative estimate of drug-likeness (QED) is 0.248. The summed E-state index contributed by atoms with van der Waals surface area (Å²) in [5.74, 6) is -0.815. The first kappa shape index (κ1) is 36.9. The Morgan fingerprint density at radius 2 is 1.55 bits per heavy atom. The number of likely N-dealkylation sites (tertiary alicyclic amines) is 2. The summed E-state index contributed by atoms with van der Waals surface area (Å²) in [5.41, 5.74) is 3.39. The number of carbonyl (C=O) groups excluding carboxylic acids is 4. The number of likely N-dealkylation sites (N-methyl/N-ethyl adjacent to an activating group) is 1. The molecule has 2 aliphatic heterocycles. The van der Waals surface area contributed by atoms with Crippen molar-refractivity contribution in [1.82, 2.24) is 24.8 Å². The van der Waals surface area contributed by atoms with Crippen LogP contribution in [-0.2, 0) is 16.0 Å². The molecule has 0 spiro atoms. The smallest absolute Gasteiger partial charge is 0.255 e. The Bertz CT molecular complexity index is 1820. The highest BCUT2D eigenvalue weighted by atomic mass is 16.5. The number of piperidine rings is 1. The molecule has 4 heterocycles. The van der Waals surface area contributed by atoms with Crippen molar-refractivity contribution < 1.29 is 28.7 Å². The van der Waals surface area contributed by atoms with Gasteiger partial charge in [-0.15, -0.1) is 0 Å². The number of carbonyl (C=O) groups is 4. The molecule has 2 N–H and O–H groups in total. The highest BCUT2D eigenvalue weighted by molar-refractivity contribution is 5.96. The highest BCUT2D eigenvalue weighted by Gasteiger charge is 2.48. The first-order valence-corrected chi connectivity index (χ1v) is 17.6. The summed E-state index contributed by atoms with van der Waals surface area (Å²) in [6.07, 6.45) is 6.06. The van der Waals surface area contributed by atoms with Crippen LogP contribution in [0.15, 0.2) is 85.2 Å². The van der Waals surface area contributed by atoms with Crippen LogP contribution in [0.3, 0.4) is 0 Å². The van der Waals surface area contributed by atoms with Crippen LogP contribution in [-0.4, -0.2) is 90.8 Å². The molecular weight excluding hydrogens is 646 g/mol. The van der Waals surface area contributed by atoms with E-state index in [0.717, 1.165) is 5.52 Å². The zero-order valence-corrected chi connectivity index (χ0v) is 30.1. The number of aryl methyl sites for hydroxylation is 1. The maximum absolute atomic E-state index is 13.7. The number of amides is 4. The van der Waals surface area contributed by atoms with Crippen molar-refractivity contribution in [1.29, 1.82) is 0 Å². The molecule has 4 aromatic rings. The first-order valence-electron chi connectivity index (χ1n) is 17.6. The van der Waals surface area contributed by atoms with Crippen LogP contribution < -0.4 is 20.1 Å². The van der Waals surface area contributed by atoms with Crippen LogP contribution in [0.2, 0.25) is 0 Å². The maximum Gasteiger partial charge on any atom is 0.255 e. The average Bonchev–Trinajstić information content (AvgIpc) is 3.80.